The van der Waals surface area contributed by atoms with Crippen LogP contribution in [0.25, 0.3) is 0 Å². The van der Waals surface area contributed by atoms with Crippen LogP contribution >= 0.6 is 0 Å². The van der Waals surface area contributed by atoms with Gasteiger partial charge in [0.1, 0.15) is 0 Å². The predicted octanol–water partition coefficient (Wildman–Crippen LogP) is 0.196. The lowest BCUT2D eigenvalue weighted by Crippen LogP contribution is -2.67. The van der Waals surface area contributed by atoms with Gasteiger partial charge in [0.25, 0.3) is 0 Å². The number of aromatic nitrogens is 2. The molecule has 3 fully saturated rings. The molecule has 3 amide bonds. The van der Waals surface area contributed by atoms with Crippen LogP contribution in [0.3, 0.4) is 0 Å². The fraction of sp³-hybridized carbons (Fsp3) is 0.700. The van der Waals surface area contributed by atoms with E-state index in [1.165, 1.54) is 6.92 Å². The van der Waals surface area contributed by atoms with E-state index in [4.69, 9.17) is 0 Å². The Morgan fingerprint density at radius 3 is 2.79 bits per heavy atom. The van der Waals surface area contributed by atoms with Crippen LogP contribution in [0.2, 0.25) is 0 Å². The molecule has 3 saturated heterocycles. The van der Waals surface area contributed by atoms with Crippen molar-refractivity contribution in [2.45, 2.75) is 44.7 Å². The monoisotopic (exact) mass is 402 g/mol. The van der Waals surface area contributed by atoms with Crippen LogP contribution in [0.4, 0.5) is 5.82 Å². The van der Waals surface area contributed by atoms with Crippen LogP contribution < -0.4 is 10.6 Å². The molecule has 0 spiro atoms. The summed E-state index contributed by atoms with van der Waals surface area (Å²) in [7, 11) is 1.81. The van der Waals surface area contributed by atoms with Gasteiger partial charge < -0.3 is 15.5 Å². The third-order valence-corrected chi connectivity index (χ3v) is 6.48. The average molecular weight is 402 g/mol. The molecule has 0 saturated carbocycles. The third-order valence-electron chi connectivity index (χ3n) is 6.48. The zero-order valence-electron chi connectivity index (χ0n) is 17.1. The molecule has 0 aromatic carbocycles. The molecule has 3 aliphatic rings. The van der Waals surface area contributed by atoms with Crippen LogP contribution in [0.5, 0.6) is 0 Å². The number of carbonyl (C=O) groups is 3. The van der Waals surface area contributed by atoms with Crippen LogP contribution in [0, 0.1) is 11.8 Å². The molecule has 4 atom stereocenters. The molecule has 9 heteroatoms. The maximum absolute atomic E-state index is 12.7. The summed E-state index contributed by atoms with van der Waals surface area (Å²) >= 11 is 0. The number of rotatable bonds is 5. The number of aryl methyl sites for hydroxylation is 1. The largest absolute Gasteiger partial charge is 0.354 e. The van der Waals surface area contributed by atoms with Crippen LogP contribution in [-0.2, 0) is 21.4 Å². The average Bonchev–Trinajstić information content (AvgIpc) is 3.06. The summed E-state index contributed by atoms with van der Waals surface area (Å²) < 4.78 is 1.65. The second kappa shape index (κ2) is 8.14. The van der Waals surface area contributed by atoms with E-state index >= 15 is 0 Å². The second-order valence-electron chi connectivity index (χ2n) is 8.64. The van der Waals surface area contributed by atoms with Crippen molar-refractivity contribution in [3.05, 3.63) is 12.3 Å². The van der Waals surface area contributed by atoms with Crippen molar-refractivity contribution >= 4 is 23.5 Å². The number of likely N-dealkylation sites (tertiary alicyclic amines) is 1. The van der Waals surface area contributed by atoms with E-state index < -0.39 is 0 Å². The van der Waals surface area contributed by atoms with Gasteiger partial charge in [-0.3, -0.25) is 24.0 Å². The van der Waals surface area contributed by atoms with E-state index in [-0.39, 0.29) is 35.7 Å². The molecule has 4 heterocycles. The Labute approximate surface area is 170 Å². The summed E-state index contributed by atoms with van der Waals surface area (Å²) in [5.41, 5.74) is 0. The molecular weight excluding hydrogens is 372 g/mol. The summed E-state index contributed by atoms with van der Waals surface area (Å²) in [6.07, 6.45) is 5.38. The number of hydrogen-bond acceptors (Lipinski definition) is 5. The van der Waals surface area contributed by atoms with Gasteiger partial charge in [0.15, 0.2) is 5.82 Å². The highest BCUT2D eigenvalue weighted by Gasteiger charge is 2.49. The predicted molar refractivity (Wildman–Crippen MR) is 107 cm³/mol. The standard InChI is InChI=1S/C20H30N6O3/c1-13(27)21-9-17-15-8-14(16-4-3-5-20(29)26(16)17)10-25(11-15)12-19(28)22-18-6-7-24(2)23-18/h6-7,14-17H,3-5,8-12H2,1-2H3,(H,21,27)(H,22,23,28)/t14-,15+,16+,17+/m1/s1. The van der Waals surface area contributed by atoms with Gasteiger partial charge in [-0.05, 0) is 31.1 Å². The summed E-state index contributed by atoms with van der Waals surface area (Å²) in [5, 5.41) is 9.98. The Morgan fingerprint density at radius 1 is 1.28 bits per heavy atom. The highest BCUT2D eigenvalue weighted by molar-refractivity contribution is 5.91. The molecule has 1 aromatic rings. The first-order valence-electron chi connectivity index (χ1n) is 10.5. The van der Waals surface area contributed by atoms with E-state index in [0.717, 1.165) is 32.4 Å². The number of nitrogens with zero attached hydrogens (tertiary/aromatic N) is 4. The highest BCUT2D eigenvalue weighted by Crippen LogP contribution is 2.41. The molecule has 0 unspecified atom stereocenters. The lowest BCUT2D eigenvalue weighted by Gasteiger charge is -2.56. The minimum atomic E-state index is -0.0736. The molecular formula is C20H30N6O3. The van der Waals surface area contributed by atoms with Crippen LogP contribution in [0.15, 0.2) is 12.3 Å². The van der Waals surface area contributed by atoms with Crippen molar-refractivity contribution in [3.63, 3.8) is 0 Å². The fourth-order valence-corrected chi connectivity index (χ4v) is 5.38. The lowest BCUT2D eigenvalue weighted by atomic mass is 9.72. The number of piperidine rings is 3. The first-order valence-corrected chi connectivity index (χ1v) is 10.5. The number of carbonyl (C=O) groups excluding carboxylic acids is 3. The Balaban J connectivity index is 1.45. The van der Waals surface area contributed by atoms with Crippen molar-refractivity contribution in [3.8, 4) is 0 Å². The van der Waals surface area contributed by atoms with Gasteiger partial charge in [-0.1, -0.05) is 0 Å². The van der Waals surface area contributed by atoms with Crippen molar-refractivity contribution in [2.24, 2.45) is 18.9 Å². The van der Waals surface area contributed by atoms with Crippen molar-refractivity contribution in [1.29, 1.82) is 0 Å². The number of anilines is 1. The van der Waals surface area contributed by atoms with E-state index in [1.54, 1.807) is 16.9 Å². The van der Waals surface area contributed by atoms with Crippen LogP contribution in [0.1, 0.15) is 32.6 Å². The Hall–Kier alpha value is -2.42. The van der Waals surface area contributed by atoms with Gasteiger partial charge in [-0.2, -0.15) is 5.10 Å². The normalized spacial score (nSPS) is 29.3. The Kier molecular flexibility index (Phi) is 5.58. The van der Waals surface area contributed by atoms with Gasteiger partial charge in [-0.15, -0.1) is 0 Å². The van der Waals surface area contributed by atoms with Gasteiger partial charge in [0.2, 0.25) is 17.7 Å². The summed E-state index contributed by atoms with van der Waals surface area (Å²) in [4.78, 5) is 41.0. The molecule has 9 nitrogen and oxygen atoms in total. The maximum atomic E-state index is 12.7. The van der Waals surface area contributed by atoms with Crippen molar-refractivity contribution in [1.82, 2.24) is 24.9 Å². The molecule has 2 bridgehead atoms. The Morgan fingerprint density at radius 2 is 2.07 bits per heavy atom. The first-order chi connectivity index (χ1) is 13.9. The van der Waals surface area contributed by atoms with Crippen LogP contribution in [-0.4, -0.2) is 75.6 Å². The molecule has 3 aliphatic heterocycles. The fourth-order valence-electron chi connectivity index (χ4n) is 5.38. The summed E-state index contributed by atoms with van der Waals surface area (Å²) in [6, 6.07) is 2.00. The molecule has 0 radical (unpaired) electrons. The van der Waals surface area contributed by atoms with E-state index in [0.29, 0.717) is 31.2 Å². The molecule has 29 heavy (non-hydrogen) atoms. The van der Waals surface area contributed by atoms with E-state index in [1.807, 2.05) is 7.05 Å². The summed E-state index contributed by atoms with van der Waals surface area (Å²) in [5.74, 6) is 1.28. The molecule has 2 N–H and O–H groups in total. The SMILES string of the molecule is CC(=O)NC[C@H]1[C@H]2C[C@H](CN(CC(=O)Nc3ccn(C)n3)C2)[C@@H]2CCCC(=O)N21. The minimum absolute atomic E-state index is 0.00889. The molecule has 1 aromatic heterocycles. The van der Waals surface area contributed by atoms with Gasteiger partial charge in [0, 0.05) is 58.3 Å². The van der Waals surface area contributed by atoms with Gasteiger partial charge in [-0.25, -0.2) is 0 Å². The zero-order valence-corrected chi connectivity index (χ0v) is 17.1. The maximum Gasteiger partial charge on any atom is 0.239 e. The van der Waals surface area contributed by atoms with E-state index in [2.05, 4.69) is 25.5 Å². The first kappa shape index (κ1) is 19.9. The summed E-state index contributed by atoms with van der Waals surface area (Å²) in [6.45, 7) is 3.90. The highest BCUT2D eigenvalue weighted by atomic mass is 16.2. The molecule has 0 aliphatic carbocycles. The quantitative estimate of drug-likeness (QED) is 0.733. The third kappa shape index (κ3) is 4.29. The van der Waals surface area contributed by atoms with Crippen molar-refractivity contribution in [2.75, 3.05) is 31.5 Å². The molecule has 4 rings (SSSR count). The lowest BCUT2D eigenvalue weighted by molar-refractivity contribution is -0.153. The van der Waals surface area contributed by atoms with E-state index in [9.17, 15) is 14.4 Å². The smallest absolute Gasteiger partial charge is 0.239 e. The minimum Gasteiger partial charge on any atom is -0.354 e. The Bertz CT molecular complexity index is 793. The second-order valence-corrected chi connectivity index (χ2v) is 8.64. The van der Waals surface area contributed by atoms with Gasteiger partial charge >= 0.3 is 0 Å². The number of hydrogen-bond donors (Lipinski definition) is 2. The van der Waals surface area contributed by atoms with Crippen molar-refractivity contribution < 1.29 is 14.4 Å². The zero-order chi connectivity index (χ0) is 20.5. The topological polar surface area (TPSA) is 99.6 Å². The van der Waals surface area contributed by atoms with Gasteiger partial charge in [0.05, 0.1) is 12.6 Å². The number of fused-ring (bicyclic) bond motifs is 4. The number of amides is 3. The number of nitrogens with one attached hydrogen (secondary N) is 2. The molecule has 158 valence electrons.